The van der Waals surface area contributed by atoms with Crippen LogP contribution < -0.4 is 10.2 Å². The van der Waals surface area contributed by atoms with E-state index in [0.29, 0.717) is 37.7 Å². The van der Waals surface area contributed by atoms with Crippen molar-refractivity contribution < 1.29 is 8.81 Å². The molecule has 5 aromatic rings. The maximum absolute atomic E-state index is 13.5. The lowest BCUT2D eigenvalue weighted by atomic mass is 10.0. The molecular formula is C31H31FN6O. The molecule has 1 aliphatic heterocycles. The van der Waals surface area contributed by atoms with Crippen LogP contribution in [0.5, 0.6) is 0 Å². The lowest BCUT2D eigenvalue weighted by Crippen LogP contribution is -2.35. The number of rotatable bonds is 6. The number of nitrogens with zero attached hydrogens (tertiary/aromatic N) is 5. The van der Waals surface area contributed by atoms with Gasteiger partial charge in [0.1, 0.15) is 23.4 Å². The van der Waals surface area contributed by atoms with Gasteiger partial charge in [0, 0.05) is 54.1 Å². The predicted octanol–water partition coefficient (Wildman–Crippen LogP) is 7.08. The molecular weight excluding hydrogens is 491 g/mol. The van der Waals surface area contributed by atoms with Crippen LogP contribution in [-0.4, -0.2) is 39.2 Å². The highest BCUT2D eigenvalue weighted by Crippen LogP contribution is 2.29. The summed E-state index contributed by atoms with van der Waals surface area (Å²) in [4.78, 5) is 20.5. The molecule has 1 fully saturated rings. The van der Waals surface area contributed by atoms with Crippen LogP contribution in [0.25, 0.3) is 33.4 Å². The Bertz CT molecular complexity index is 1610. The molecule has 1 aliphatic rings. The summed E-state index contributed by atoms with van der Waals surface area (Å²) in [5, 5.41) is 4.64. The topological polar surface area (TPSA) is 80.0 Å². The highest BCUT2D eigenvalue weighted by Gasteiger charge is 2.20. The summed E-state index contributed by atoms with van der Waals surface area (Å²) < 4.78 is 19.1. The Labute approximate surface area is 227 Å². The van der Waals surface area contributed by atoms with Crippen molar-refractivity contribution in [2.75, 3.05) is 23.3 Å². The van der Waals surface area contributed by atoms with E-state index >= 15 is 0 Å². The highest BCUT2D eigenvalue weighted by molar-refractivity contribution is 5.85. The molecule has 198 valence electrons. The van der Waals surface area contributed by atoms with Crippen LogP contribution in [0.2, 0.25) is 0 Å². The number of alkyl halides is 1. The zero-order valence-electron chi connectivity index (χ0n) is 22.4. The molecule has 0 aliphatic carbocycles. The summed E-state index contributed by atoms with van der Waals surface area (Å²) in [6, 6.07) is 16.5. The average Bonchev–Trinajstić information content (AvgIpc) is 3.33. The van der Waals surface area contributed by atoms with Crippen LogP contribution in [0.3, 0.4) is 0 Å². The highest BCUT2D eigenvalue weighted by atomic mass is 19.1. The summed E-state index contributed by atoms with van der Waals surface area (Å²) in [5.74, 6) is 2.13. The largest absolute Gasteiger partial charge is 0.464 e. The van der Waals surface area contributed by atoms with Gasteiger partial charge in [0.05, 0.1) is 12.0 Å². The smallest absolute Gasteiger partial charge is 0.225 e. The van der Waals surface area contributed by atoms with E-state index in [-0.39, 0.29) is 6.04 Å². The summed E-state index contributed by atoms with van der Waals surface area (Å²) in [5.41, 5.74) is 6.96. The number of aromatic nitrogens is 4. The first-order chi connectivity index (χ1) is 18.9. The Kier molecular flexibility index (Phi) is 6.69. The van der Waals surface area contributed by atoms with Gasteiger partial charge in [-0.1, -0.05) is 18.2 Å². The number of piperidine rings is 1. The monoisotopic (exact) mass is 522 g/mol. The van der Waals surface area contributed by atoms with Crippen LogP contribution in [0.15, 0.2) is 71.6 Å². The van der Waals surface area contributed by atoms with Crippen molar-refractivity contribution in [1.29, 1.82) is 0 Å². The lowest BCUT2D eigenvalue weighted by Gasteiger charge is -2.28. The molecule has 1 unspecified atom stereocenters. The molecule has 39 heavy (non-hydrogen) atoms. The third kappa shape index (κ3) is 5.32. The van der Waals surface area contributed by atoms with Gasteiger partial charge in [0.25, 0.3) is 0 Å². The van der Waals surface area contributed by atoms with Crippen LogP contribution in [0.4, 0.5) is 16.2 Å². The van der Waals surface area contributed by atoms with Crippen molar-refractivity contribution >= 4 is 22.7 Å². The van der Waals surface area contributed by atoms with E-state index < -0.39 is 6.17 Å². The summed E-state index contributed by atoms with van der Waals surface area (Å²) in [6.07, 6.45) is 5.82. The Morgan fingerprint density at radius 3 is 2.54 bits per heavy atom. The van der Waals surface area contributed by atoms with Crippen molar-refractivity contribution in [3.8, 4) is 22.4 Å². The molecule has 0 bridgehead atoms. The first kappa shape index (κ1) is 25.0. The summed E-state index contributed by atoms with van der Waals surface area (Å²) in [6.45, 7) is 7.37. The van der Waals surface area contributed by atoms with E-state index in [4.69, 9.17) is 4.42 Å². The molecule has 7 nitrogen and oxygen atoms in total. The van der Waals surface area contributed by atoms with E-state index in [1.807, 2.05) is 50.5 Å². The van der Waals surface area contributed by atoms with E-state index in [9.17, 15) is 4.39 Å². The van der Waals surface area contributed by atoms with Gasteiger partial charge in [0.2, 0.25) is 5.95 Å². The quantitative estimate of drug-likeness (QED) is 0.255. The molecule has 0 saturated carbocycles. The first-order valence-electron chi connectivity index (χ1n) is 13.3. The number of anilines is 2. The van der Waals surface area contributed by atoms with E-state index in [1.165, 1.54) is 0 Å². The second kappa shape index (κ2) is 10.4. The van der Waals surface area contributed by atoms with Gasteiger partial charge < -0.3 is 14.6 Å². The van der Waals surface area contributed by atoms with Gasteiger partial charge in [0.15, 0.2) is 0 Å². The number of fused-ring (bicyclic) bond motifs is 1. The number of furan rings is 1. The minimum absolute atomic E-state index is 0.00730. The molecule has 4 heterocycles. The van der Waals surface area contributed by atoms with Gasteiger partial charge in [-0.3, -0.25) is 0 Å². The Balaban J connectivity index is 1.20. The van der Waals surface area contributed by atoms with Crippen LogP contribution in [-0.2, 0) is 0 Å². The molecule has 0 radical (unpaired) electrons. The second-order valence-electron chi connectivity index (χ2n) is 10.2. The normalized spacial score (nSPS) is 15.0. The zero-order valence-corrected chi connectivity index (χ0v) is 22.4. The molecule has 8 heteroatoms. The number of aryl methyl sites for hydroxylation is 2. The molecule has 1 N–H and O–H groups in total. The van der Waals surface area contributed by atoms with Crippen LogP contribution in [0.1, 0.15) is 42.8 Å². The molecule has 2 aromatic carbocycles. The Hall–Kier alpha value is -4.33. The summed E-state index contributed by atoms with van der Waals surface area (Å²) in [7, 11) is 0. The van der Waals surface area contributed by atoms with Gasteiger partial charge >= 0.3 is 0 Å². The van der Waals surface area contributed by atoms with E-state index in [2.05, 4.69) is 61.3 Å². The molecule has 3 aromatic heterocycles. The maximum Gasteiger partial charge on any atom is 0.225 e. The third-order valence-corrected chi connectivity index (χ3v) is 7.33. The maximum atomic E-state index is 13.5. The molecule has 0 amide bonds. The van der Waals surface area contributed by atoms with Gasteiger partial charge in [-0.15, -0.1) is 0 Å². The fraction of sp³-hybridized carbons (Fsp3) is 0.290. The fourth-order valence-electron chi connectivity index (χ4n) is 5.08. The lowest BCUT2D eigenvalue weighted by molar-refractivity contribution is 0.276. The summed E-state index contributed by atoms with van der Waals surface area (Å²) >= 11 is 0. The number of benzene rings is 2. The van der Waals surface area contributed by atoms with E-state index in [1.54, 1.807) is 6.26 Å². The molecule has 6 rings (SSSR count). The number of nitrogens with one attached hydrogen (secondary N) is 1. The van der Waals surface area contributed by atoms with Crippen molar-refractivity contribution in [3.63, 3.8) is 0 Å². The second-order valence-corrected chi connectivity index (χ2v) is 10.2. The molecule has 1 atom stereocenters. The van der Waals surface area contributed by atoms with E-state index in [0.717, 1.165) is 50.3 Å². The number of hydrogen-bond acceptors (Lipinski definition) is 7. The predicted molar refractivity (Wildman–Crippen MR) is 153 cm³/mol. The minimum atomic E-state index is -0.715. The van der Waals surface area contributed by atoms with Gasteiger partial charge in [-0.25, -0.2) is 24.3 Å². The Morgan fingerprint density at radius 1 is 0.949 bits per heavy atom. The van der Waals surface area contributed by atoms with Crippen molar-refractivity contribution in [2.45, 2.75) is 45.8 Å². The van der Waals surface area contributed by atoms with Gasteiger partial charge in [-0.05, 0) is 74.6 Å². The Morgan fingerprint density at radius 2 is 1.74 bits per heavy atom. The van der Waals surface area contributed by atoms with Crippen molar-refractivity contribution in [1.82, 2.24) is 19.9 Å². The SMILES string of the molecule is Cc1nc(NC(C)c2cccc(-c3cnc(N4CCC(F)CC4)nc3)c2)cc(-c2ccc3occ(C)c3c2)n1. The van der Waals surface area contributed by atoms with Crippen molar-refractivity contribution in [3.05, 3.63) is 84.1 Å². The van der Waals surface area contributed by atoms with Crippen LogP contribution >= 0.6 is 0 Å². The number of hydrogen-bond donors (Lipinski definition) is 1. The van der Waals surface area contributed by atoms with Crippen LogP contribution in [0, 0.1) is 13.8 Å². The van der Waals surface area contributed by atoms with Crippen molar-refractivity contribution in [2.24, 2.45) is 0 Å². The number of halogens is 1. The first-order valence-corrected chi connectivity index (χ1v) is 13.3. The molecule has 1 saturated heterocycles. The standard InChI is InChI=1S/C31H31FN6O/c1-19-18-39-29-8-7-24(14-27(19)29)28-15-30(37-21(3)36-28)35-20(2)22-5-4-6-23(13-22)25-16-33-31(34-17-25)38-11-9-26(32)10-12-38/h4-8,13-18,20,26H,9-12H2,1-3H3,(H,35,36,37). The molecule has 0 spiro atoms. The minimum Gasteiger partial charge on any atom is -0.464 e. The average molecular weight is 523 g/mol. The third-order valence-electron chi connectivity index (χ3n) is 7.33. The van der Waals surface area contributed by atoms with Gasteiger partial charge in [-0.2, -0.15) is 0 Å². The zero-order chi connectivity index (χ0) is 26.9. The fourth-order valence-corrected chi connectivity index (χ4v) is 5.08.